The molecule has 0 atom stereocenters. The lowest BCUT2D eigenvalue weighted by Gasteiger charge is -2.12. The molecule has 0 aromatic carbocycles. The first-order valence-corrected chi connectivity index (χ1v) is 7.12. The third-order valence-corrected chi connectivity index (χ3v) is 2.79. The summed E-state index contributed by atoms with van der Waals surface area (Å²) in [4.78, 5) is 4.19. The highest BCUT2D eigenvalue weighted by atomic mass is 16.5. The number of hydrogen-bond acceptors (Lipinski definition) is 3. The summed E-state index contributed by atoms with van der Waals surface area (Å²) in [5.41, 5.74) is 1.12. The van der Waals surface area contributed by atoms with E-state index in [1.165, 1.54) is 0 Å². The maximum atomic E-state index is 5.53. The van der Waals surface area contributed by atoms with Crippen LogP contribution >= 0.6 is 0 Å². The number of aliphatic imine (C=N–C) groups is 1. The van der Waals surface area contributed by atoms with Gasteiger partial charge in [-0.2, -0.15) is 5.10 Å². The molecule has 1 rings (SSSR count). The zero-order valence-electron chi connectivity index (χ0n) is 13.0. The maximum Gasteiger partial charge on any atom is 0.191 e. The molecule has 6 heteroatoms. The summed E-state index contributed by atoms with van der Waals surface area (Å²) in [5.74, 6) is 1.39. The van der Waals surface area contributed by atoms with Crippen molar-refractivity contribution in [1.29, 1.82) is 0 Å². The van der Waals surface area contributed by atoms with Gasteiger partial charge in [0.2, 0.25) is 0 Å². The number of nitrogens with one attached hydrogen (secondary N) is 2. The van der Waals surface area contributed by atoms with Gasteiger partial charge in [0, 0.05) is 40.1 Å². The molecule has 0 saturated carbocycles. The molecule has 0 bridgehead atoms. The molecule has 0 aliphatic carbocycles. The van der Waals surface area contributed by atoms with Gasteiger partial charge in [-0.3, -0.25) is 9.67 Å². The van der Waals surface area contributed by atoms with Crippen LogP contribution in [0.15, 0.2) is 17.3 Å². The Kier molecular flexibility index (Phi) is 7.72. The molecule has 0 fully saturated rings. The van der Waals surface area contributed by atoms with Crippen molar-refractivity contribution in [2.24, 2.45) is 18.0 Å². The molecule has 20 heavy (non-hydrogen) atoms. The third-order valence-electron chi connectivity index (χ3n) is 2.79. The molecule has 114 valence electrons. The molecule has 2 N–H and O–H groups in total. The van der Waals surface area contributed by atoms with Gasteiger partial charge in [0.25, 0.3) is 0 Å². The smallest absolute Gasteiger partial charge is 0.191 e. The molecule has 1 aromatic rings. The number of guanidine groups is 1. The van der Waals surface area contributed by atoms with Crippen LogP contribution in [0.5, 0.6) is 0 Å². The van der Waals surface area contributed by atoms with Gasteiger partial charge >= 0.3 is 0 Å². The van der Waals surface area contributed by atoms with E-state index in [4.69, 9.17) is 4.74 Å². The zero-order chi connectivity index (χ0) is 14.8. The van der Waals surface area contributed by atoms with Crippen LogP contribution in [0.4, 0.5) is 0 Å². The normalized spacial score (nSPS) is 11.9. The van der Waals surface area contributed by atoms with Crippen molar-refractivity contribution >= 4 is 5.96 Å². The van der Waals surface area contributed by atoms with Crippen LogP contribution in [-0.2, 0) is 18.3 Å². The van der Waals surface area contributed by atoms with E-state index in [1.54, 1.807) is 13.2 Å². The maximum absolute atomic E-state index is 5.53. The highest BCUT2D eigenvalue weighted by molar-refractivity contribution is 5.79. The first-order chi connectivity index (χ1) is 9.63. The summed E-state index contributed by atoms with van der Waals surface area (Å²) in [6.45, 7) is 7.48. The molecule has 0 radical (unpaired) electrons. The van der Waals surface area contributed by atoms with Crippen LogP contribution in [-0.4, -0.2) is 42.5 Å². The molecule has 0 amide bonds. The van der Waals surface area contributed by atoms with Gasteiger partial charge in [-0.25, -0.2) is 0 Å². The summed E-state index contributed by atoms with van der Waals surface area (Å²) < 4.78 is 7.38. The van der Waals surface area contributed by atoms with Gasteiger partial charge in [0.05, 0.1) is 12.2 Å². The fraction of sp³-hybridized carbons (Fsp3) is 0.714. The average Bonchev–Trinajstić information content (AvgIpc) is 2.82. The molecular formula is C14H27N5O. The molecule has 6 nitrogen and oxygen atoms in total. The van der Waals surface area contributed by atoms with E-state index in [9.17, 15) is 0 Å². The molecule has 0 spiro atoms. The number of aromatic nitrogens is 2. The Bertz CT molecular complexity index is 400. The van der Waals surface area contributed by atoms with E-state index < -0.39 is 0 Å². The highest BCUT2D eigenvalue weighted by Gasteiger charge is 2.01. The molecule has 1 aromatic heterocycles. The van der Waals surface area contributed by atoms with Crippen LogP contribution in [0.3, 0.4) is 0 Å². The topological polar surface area (TPSA) is 63.5 Å². The van der Waals surface area contributed by atoms with E-state index in [1.807, 2.05) is 17.8 Å². The van der Waals surface area contributed by atoms with E-state index in [-0.39, 0.29) is 0 Å². The predicted octanol–water partition coefficient (Wildman–Crippen LogP) is 1.15. The van der Waals surface area contributed by atoms with Crippen molar-refractivity contribution in [1.82, 2.24) is 20.4 Å². The molecular weight excluding hydrogens is 254 g/mol. The number of nitrogens with zero attached hydrogens (tertiary/aromatic N) is 3. The second kappa shape index (κ2) is 9.36. The van der Waals surface area contributed by atoms with Crippen LogP contribution in [0.2, 0.25) is 0 Å². The van der Waals surface area contributed by atoms with Crippen LogP contribution in [0.1, 0.15) is 26.0 Å². The minimum Gasteiger partial charge on any atom is -0.381 e. The number of aryl methyl sites for hydroxylation is 1. The third kappa shape index (κ3) is 6.56. The number of ether oxygens (including phenoxy) is 1. The lowest BCUT2D eigenvalue weighted by atomic mass is 10.2. The fourth-order valence-electron chi connectivity index (χ4n) is 1.67. The van der Waals surface area contributed by atoms with Crippen LogP contribution in [0, 0.1) is 5.92 Å². The molecule has 1 heterocycles. The van der Waals surface area contributed by atoms with Crippen molar-refractivity contribution in [3.05, 3.63) is 18.0 Å². The summed E-state index contributed by atoms with van der Waals surface area (Å²) >= 11 is 0. The Morgan fingerprint density at radius 2 is 2.25 bits per heavy atom. The number of hydrogen-bond donors (Lipinski definition) is 2. The van der Waals surface area contributed by atoms with E-state index in [0.717, 1.165) is 37.8 Å². The zero-order valence-corrected chi connectivity index (χ0v) is 13.0. The summed E-state index contributed by atoms with van der Waals surface area (Å²) in [6, 6.07) is 1.99. The van der Waals surface area contributed by atoms with Crippen molar-refractivity contribution in [3.8, 4) is 0 Å². The summed E-state index contributed by atoms with van der Waals surface area (Å²) in [7, 11) is 3.70. The Balaban J connectivity index is 2.13. The lowest BCUT2D eigenvalue weighted by Crippen LogP contribution is -2.38. The average molecular weight is 281 g/mol. The molecule has 0 aliphatic rings. The summed E-state index contributed by atoms with van der Waals surface area (Å²) in [6.07, 6.45) is 2.76. The van der Waals surface area contributed by atoms with Crippen molar-refractivity contribution in [2.45, 2.75) is 26.8 Å². The minimum atomic E-state index is 0.594. The quantitative estimate of drug-likeness (QED) is 0.426. The van der Waals surface area contributed by atoms with Crippen molar-refractivity contribution < 1.29 is 4.74 Å². The molecule has 0 saturated heterocycles. The Morgan fingerprint density at radius 1 is 1.45 bits per heavy atom. The van der Waals surface area contributed by atoms with E-state index in [0.29, 0.717) is 12.5 Å². The second-order valence-electron chi connectivity index (χ2n) is 5.12. The minimum absolute atomic E-state index is 0.594. The Labute approximate surface area is 121 Å². The monoisotopic (exact) mass is 281 g/mol. The van der Waals surface area contributed by atoms with Crippen molar-refractivity contribution in [2.75, 3.05) is 26.8 Å². The Morgan fingerprint density at radius 3 is 2.85 bits per heavy atom. The van der Waals surface area contributed by atoms with E-state index in [2.05, 4.69) is 34.6 Å². The Hall–Kier alpha value is -1.56. The first kappa shape index (κ1) is 16.5. The van der Waals surface area contributed by atoms with Gasteiger partial charge in [0.1, 0.15) is 0 Å². The first-order valence-electron chi connectivity index (χ1n) is 7.12. The summed E-state index contributed by atoms with van der Waals surface area (Å²) in [5, 5.41) is 10.7. The van der Waals surface area contributed by atoms with Gasteiger partial charge < -0.3 is 15.4 Å². The van der Waals surface area contributed by atoms with Crippen LogP contribution in [0.25, 0.3) is 0 Å². The fourth-order valence-corrected chi connectivity index (χ4v) is 1.67. The van der Waals surface area contributed by atoms with Crippen LogP contribution < -0.4 is 10.6 Å². The predicted molar refractivity (Wildman–Crippen MR) is 81.7 cm³/mol. The van der Waals surface area contributed by atoms with Crippen molar-refractivity contribution in [3.63, 3.8) is 0 Å². The van der Waals surface area contributed by atoms with E-state index >= 15 is 0 Å². The van der Waals surface area contributed by atoms with Gasteiger partial charge in [0.15, 0.2) is 5.96 Å². The van der Waals surface area contributed by atoms with Gasteiger partial charge in [-0.1, -0.05) is 13.8 Å². The highest BCUT2D eigenvalue weighted by Crippen LogP contribution is 1.95. The SMILES string of the molecule is CN=C(NCCCOCC(C)C)NCc1ccnn1C. The molecule has 0 unspecified atom stereocenters. The van der Waals surface area contributed by atoms with Gasteiger partial charge in [-0.15, -0.1) is 0 Å². The van der Waals surface area contributed by atoms with Gasteiger partial charge in [-0.05, 0) is 18.4 Å². The lowest BCUT2D eigenvalue weighted by molar-refractivity contribution is 0.108. The number of rotatable bonds is 8. The molecule has 0 aliphatic heterocycles. The standard InChI is InChI=1S/C14H27N5O/c1-12(2)11-20-9-5-7-16-14(15-3)17-10-13-6-8-18-19(13)4/h6,8,12H,5,7,9-11H2,1-4H3,(H2,15,16,17). The largest absolute Gasteiger partial charge is 0.381 e. The second-order valence-corrected chi connectivity index (χ2v) is 5.12.